The Bertz CT molecular complexity index is 765. The number of carbonyl (C=O) groups is 2. The summed E-state index contributed by atoms with van der Waals surface area (Å²) < 4.78 is 5.40. The molecule has 3 heterocycles. The molecule has 1 aromatic rings. The number of nitrogens with zero attached hydrogens (tertiary/aromatic N) is 2. The predicted molar refractivity (Wildman–Crippen MR) is 112 cm³/mol. The molecule has 6 nitrogen and oxygen atoms in total. The van der Waals surface area contributed by atoms with E-state index in [1.807, 2.05) is 30.9 Å². The summed E-state index contributed by atoms with van der Waals surface area (Å²) in [6.45, 7) is 5.47. The smallest absolute Gasteiger partial charge is 0.317 e. The molecule has 158 valence electrons. The minimum atomic E-state index is 0.0328. The lowest BCUT2D eigenvalue weighted by Crippen LogP contribution is -2.66. The Labute approximate surface area is 173 Å². The van der Waals surface area contributed by atoms with Gasteiger partial charge in [-0.2, -0.15) is 0 Å². The molecular weight excluding hydrogens is 366 g/mol. The lowest BCUT2D eigenvalue weighted by Gasteiger charge is -2.56. The van der Waals surface area contributed by atoms with Crippen LogP contribution in [0.25, 0.3) is 0 Å². The van der Waals surface area contributed by atoms with Crippen molar-refractivity contribution in [2.45, 2.75) is 64.1 Å². The van der Waals surface area contributed by atoms with Gasteiger partial charge in [0.25, 0.3) is 0 Å². The number of hydrogen-bond donors (Lipinski definition) is 1. The first kappa shape index (κ1) is 20.0. The van der Waals surface area contributed by atoms with E-state index in [4.69, 9.17) is 4.74 Å². The molecule has 1 aromatic carbocycles. The van der Waals surface area contributed by atoms with Crippen LogP contribution in [0.1, 0.15) is 45.1 Å². The van der Waals surface area contributed by atoms with Crippen LogP contribution in [-0.2, 0) is 11.2 Å². The molecule has 29 heavy (non-hydrogen) atoms. The Morgan fingerprint density at radius 1 is 1.28 bits per heavy atom. The third-order valence-electron chi connectivity index (χ3n) is 6.78. The van der Waals surface area contributed by atoms with E-state index in [1.54, 1.807) is 7.11 Å². The standard InChI is InChI=1S/C23H33N3O3/c1-15(2)24-23(28)25-13-17-12-18(14-25)21(26-20(17)8-5-9-22(26)27)11-16-6-4-7-19(10-16)29-3/h4,6-7,10,15,17-18,20-21H,5,8-9,11-14H2,1-3H3,(H,24,28)/t17-,18+,20+,21+/m1/s1. The number of carbonyl (C=O) groups excluding carboxylic acids is 2. The minimum absolute atomic E-state index is 0.0328. The van der Waals surface area contributed by atoms with Gasteiger partial charge in [-0.15, -0.1) is 0 Å². The van der Waals surface area contributed by atoms with E-state index in [2.05, 4.69) is 22.3 Å². The lowest BCUT2D eigenvalue weighted by molar-refractivity contribution is -0.151. The third-order valence-corrected chi connectivity index (χ3v) is 6.78. The van der Waals surface area contributed by atoms with Crippen LogP contribution in [0.2, 0.25) is 0 Å². The zero-order chi connectivity index (χ0) is 20.5. The Morgan fingerprint density at radius 2 is 2.07 bits per heavy atom. The fourth-order valence-corrected chi connectivity index (χ4v) is 5.58. The van der Waals surface area contributed by atoms with Gasteiger partial charge in [0.2, 0.25) is 5.91 Å². The maximum Gasteiger partial charge on any atom is 0.317 e. The first-order chi connectivity index (χ1) is 14.0. The van der Waals surface area contributed by atoms with Crippen molar-refractivity contribution in [3.05, 3.63) is 29.8 Å². The molecule has 0 saturated carbocycles. The van der Waals surface area contributed by atoms with Crippen LogP contribution < -0.4 is 10.1 Å². The Morgan fingerprint density at radius 3 is 2.83 bits per heavy atom. The number of nitrogens with one attached hydrogen (secondary N) is 1. The molecule has 1 N–H and O–H groups in total. The number of piperidine rings is 3. The summed E-state index contributed by atoms with van der Waals surface area (Å²) in [7, 11) is 1.68. The van der Waals surface area contributed by atoms with Crippen molar-refractivity contribution >= 4 is 11.9 Å². The average molecular weight is 400 g/mol. The summed E-state index contributed by atoms with van der Waals surface area (Å²) in [5.74, 6) is 1.84. The molecule has 3 saturated heterocycles. The van der Waals surface area contributed by atoms with E-state index in [-0.39, 0.29) is 24.2 Å². The van der Waals surface area contributed by atoms with Crippen molar-refractivity contribution in [3.8, 4) is 5.75 Å². The molecule has 3 aliphatic rings. The van der Waals surface area contributed by atoms with Crippen LogP contribution >= 0.6 is 0 Å². The number of likely N-dealkylation sites (tertiary alicyclic amines) is 1. The number of fused-ring (bicyclic) bond motifs is 4. The number of hydrogen-bond acceptors (Lipinski definition) is 3. The van der Waals surface area contributed by atoms with Crippen LogP contribution in [0.4, 0.5) is 4.79 Å². The van der Waals surface area contributed by atoms with Gasteiger partial charge in [0.15, 0.2) is 0 Å². The second kappa shape index (κ2) is 8.25. The van der Waals surface area contributed by atoms with Crippen molar-refractivity contribution in [1.82, 2.24) is 15.1 Å². The molecule has 6 heteroatoms. The van der Waals surface area contributed by atoms with Crippen LogP contribution in [0.15, 0.2) is 24.3 Å². The third kappa shape index (κ3) is 4.07. The molecule has 0 unspecified atom stereocenters. The summed E-state index contributed by atoms with van der Waals surface area (Å²) in [6.07, 6.45) is 4.59. The monoisotopic (exact) mass is 399 g/mol. The lowest BCUT2D eigenvalue weighted by atomic mass is 9.71. The number of urea groups is 1. The van der Waals surface area contributed by atoms with Gasteiger partial charge in [0, 0.05) is 37.6 Å². The topological polar surface area (TPSA) is 61.9 Å². The first-order valence-electron chi connectivity index (χ1n) is 11.0. The fraction of sp³-hybridized carbons (Fsp3) is 0.652. The molecule has 0 radical (unpaired) electrons. The van der Waals surface area contributed by atoms with Crippen molar-refractivity contribution in [3.63, 3.8) is 0 Å². The highest BCUT2D eigenvalue weighted by Crippen LogP contribution is 2.42. The van der Waals surface area contributed by atoms with Gasteiger partial charge in [0.05, 0.1) is 7.11 Å². The average Bonchev–Trinajstić information content (AvgIpc) is 2.71. The van der Waals surface area contributed by atoms with Crippen LogP contribution in [-0.4, -0.2) is 60.1 Å². The number of rotatable bonds is 4. The Balaban J connectivity index is 1.60. The molecule has 0 spiro atoms. The number of benzene rings is 1. The highest BCUT2D eigenvalue weighted by Gasteiger charge is 2.49. The second-order valence-electron chi connectivity index (χ2n) is 9.15. The second-order valence-corrected chi connectivity index (χ2v) is 9.15. The van der Waals surface area contributed by atoms with Crippen molar-refractivity contribution in [2.24, 2.45) is 11.8 Å². The number of ether oxygens (including phenoxy) is 1. The molecule has 3 fully saturated rings. The van der Waals surface area contributed by atoms with E-state index < -0.39 is 0 Å². The summed E-state index contributed by atoms with van der Waals surface area (Å²) in [5.41, 5.74) is 1.19. The molecule has 3 amide bonds. The van der Waals surface area contributed by atoms with E-state index in [9.17, 15) is 9.59 Å². The van der Waals surface area contributed by atoms with Crippen LogP contribution in [0, 0.1) is 11.8 Å². The van der Waals surface area contributed by atoms with Gasteiger partial charge in [-0.3, -0.25) is 4.79 Å². The Hall–Kier alpha value is -2.24. The van der Waals surface area contributed by atoms with Gasteiger partial charge in [-0.05, 0) is 69.1 Å². The largest absolute Gasteiger partial charge is 0.497 e. The molecule has 4 rings (SSSR count). The summed E-state index contributed by atoms with van der Waals surface area (Å²) >= 11 is 0. The van der Waals surface area contributed by atoms with Gasteiger partial charge >= 0.3 is 6.03 Å². The Kier molecular flexibility index (Phi) is 5.70. The molecule has 3 aliphatic heterocycles. The maximum atomic E-state index is 13.0. The molecule has 2 bridgehead atoms. The summed E-state index contributed by atoms with van der Waals surface area (Å²) in [6, 6.07) is 8.72. The molecular formula is C23H33N3O3. The number of amides is 3. The van der Waals surface area contributed by atoms with Crippen LogP contribution in [0.3, 0.4) is 0 Å². The summed E-state index contributed by atoms with van der Waals surface area (Å²) in [4.78, 5) is 29.9. The molecule has 0 aromatic heterocycles. The van der Waals surface area contributed by atoms with Crippen molar-refractivity contribution < 1.29 is 14.3 Å². The summed E-state index contributed by atoms with van der Waals surface area (Å²) in [5, 5.41) is 3.05. The SMILES string of the molecule is COc1cccc(C[C@H]2[C@H]3C[C@H](CN(C(=O)NC(C)C)C3)[C@@H]3CCCC(=O)N32)c1. The minimum Gasteiger partial charge on any atom is -0.497 e. The van der Waals surface area contributed by atoms with E-state index in [0.29, 0.717) is 24.2 Å². The van der Waals surface area contributed by atoms with Gasteiger partial charge in [-0.1, -0.05) is 12.1 Å². The predicted octanol–water partition coefficient (Wildman–Crippen LogP) is 3.06. The normalized spacial score (nSPS) is 28.9. The van der Waals surface area contributed by atoms with E-state index in [1.165, 1.54) is 5.56 Å². The first-order valence-corrected chi connectivity index (χ1v) is 11.0. The van der Waals surface area contributed by atoms with Gasteiger partial charge < -0.3 is 19.9 Å². The van der Waals surface area contributed by atoms with Crippen LogP contribution in [0.5, 0.6) is 5.75 Å². The fourth-order valence-electron chi connectivity index (χ4n) is 5.58. The highest BCUT2D eigenvalue weighted by molar-refractivity contribution is 5.78. The van der Waals surface area contributed by atoms with E-state index >= 15 is 0 Å². The van der Waals surface area contributed by atoms with Gasteiger partial charge in [0.1, 0.15) is 5.75 Å². The van der Waals surface area contributed by atoms with Crippen molar-refractivity contribution in [1.29, 1.82) is 0 Å². The zero-order valence-corrected chi connectivity index (χ0v) is 17.8. The van der Waals surface area contributed by atoms with Crippen molar-refractivity contribution in [2.75, 3.05) is 20.2 Å². The number of methoxy groups -OCH3 is 1. The van der Waals surface area contributed by atoms with Gasteiger partial charge in [-0.25, -0.2) is 4.79 Å². The molecule has 4 atom stereocenters. The quantitative estimate of drug-likeness (QED) is 0.846. The zero-order valence-electron chi connectivity index (χ0n) is 17.8. The molecule has 0 aliphatic carbocycles. The van der Waals surface area contributed by atoms with E-state index in [0.717, 1.165) is 44.5 Å². The maximum absolute atomic E-state index is 13.0. The highest BCUT2D eigenvalue weighted by atomic mass is 16.5.